The van der Waals surface area contributed by atoms with Crippen molar-refractivity contribution in [2.24, 2.45) is 0 Å². The van der Waals surface area contributed by atoms with E-state index in [1.54, 1.807) is 9.47 Å². The van der Waals surface area contributed by atoms with E-state index in [9.17, 15) is 13.2 Å². The molecule has 7 nitrogen and oxygen atoms in total. The lowest BCUT2D eigenvalue weighted by Crippen LogP contribution is -2.31. The number of nitrogens with one attached hydrogen (secondary N) is 1. The predicted octanol–water partition coefficient (Wildman–Crippen LogP) is 0.788. The molecule has 0 spiro atoms. The molecule has 0 aromatic carbocycles. The summed E-state index contributed by atoms with van der Waals surface area (Å²) in [5, 5.41) is 2.59. The minimum absolute atomic E-state index is 0.0904. The van der Waals surface area contributed by atoms with Gasteiger partial charge in [-0.25, -0.2) is 18.2 Å². The molecule has 0 aliphatic carbocycles. The summed E-state index contributed by atoms with van der Waals surface area (Å²) in [4.78, 5) is 17.2. The number of amides is 2. The molecule has 0 unspecified atom stereocenters. The molecule has 1 aromatic heterocycles. The fraction of sp³-hybridized carbons (Fsp3) is 0.636. The highest BCUT2D eigenvalue weighted by molar-refractivity contribution is 8.13. The number of hydrogen-bond donors (Lipinski definition) is 1. The molecule has 2 heterocycles. The number of carbonyl (C=O) groups is 1. The maximum Gasteiger partial charge on any atom is 0.317 e. The van der Waals surface area contributed by atoms with Crippen molar-refractivity contribution < 1.29 is 13.2 Å². The fourth-order valence-corrected chi connectivity index (χ4v) is 2.81. The van der Waals surface area contributed by atoms with Crippen molar-refractivity contribution in [1.29, 1.82) is 0 Å². The molecular formula is C11H17ClN4O3S. The first-order valence-corrected chi connectivity index (χ1v) is 8.76. The maximum atomic E-state index is 11.4. The number of hydrogen-bond acceptors (Lipinski definition) is 4. The Labute approximate surface area is 122 Å². The normalized spacial score (nSPS) is 15.7. The minimum Gasteiger partial charge on any atom is -0.336 e. The van der Waals surface area contributed by atoms with Crippen LogP contribution in [0.15, 0.2) is 11.2 Å². The third-order valence-corrected chi connectivity index (χ3v) is 4.29. The first kappa shape index (κ1) is 15.1. The van der Waals surface area contributed by atoms with E-state index in [2.05, 4.69) is 10.3 Å². The number of aromatic nitrogens is 2. The second kappa shape index (κ2) is 6.01. The van der Waals surface area contributed by atoms with Crippen molar-refractivity contribution in [3.63, 3.8) is 0 Å². The van der Waals surface area contributed by atoms with E-state index < -0.39 is 9.05 Å². The van der Waals surface area contributed by atoms with Gasteiger partial charge in [0.15, 0.2) is 5.03 Å². The second-order valence-electron chi connectivity index (χ2n) is 4.60. The fourth-order valence-electron chi connectivity index (χ4n) is 2.12. The van der Waals surface area contributed by atoms with Crippen LogP contribution in [-0.2, 0) is 22.0 Å². The van der Waals surface area contributed by atoms with Gasteiger partial charge in [-0.2, -0.15) is 0 Å². The van der Waals surface area contributed by atoms with Gasteiger partial charge < -0.3 is 14.8 Å². The van der Waals surface area contributed by atoms with Crippen molar-refractivity contribution in [2.45, 2.75) is 31.3 Å². The number of carbonyl (C=O) groups excluding carboxylic acids is 1. The van der Waals surface area contributed by atoms with Crippen LogP contribution < -0.4 is 5.32 Å². The average Bonchev–Trinajstić information content (AvgIpc) is 2.93. The van der Waals surface area contributed by atoms with Gasteiger partial charge in [-0.3, -0.25) is 0 Å². The molecule has 1 N–H and O–H groups in total. The van der Waals surface area contributed by atoms with Gasteiger partial charge in [0.1, 0.15) is 5.82 Å². The van der Waals surface area contributed by atoms with E-state index in [-0.39, 0.29) is 11.1 Å². The van der Waals surface area contributed by atoms with Crippen molar-refractivity contribution in [3.05, 3.63) is 12.0 Å². The van der Waals surface area contributed by atoms with E-state index in [1.807, 2.05) is 6.92 Å². The van der Waals surface area contributed by atoms with Gasteiger partial charge in [0.2, 0.25) is 0 Å². The smallest absolute Gasteiger partial charge is 0.317 e. The summed E-state index contributed by atoms with van der Waals surface area (Å²) in [5.74, 6) is 0.673. The van der Waals surface area contributed by atoms with Gasteiger partial charge in [0, 0.05) is 49.5 Å². The maximum absolute atomic E-state index is 11.4. The topological polar surface area (TPSA) is 84.3 Å². The van der Waals surface area contributed by atoms with Crippen LogP contribution in [-0.4, -0.2) is 48.5 Å². The molecule has 0 radical (unpaired) electrons. The Bertz CT molecular complexity index is 599. The Morgan fingerprint density at radius 2 is 2.20 bits per heavy atom. The van der Waals surface area contributed by atoms with E-state index in [0.29, 0.717) is 38.4 Å². The van der Waals surface area contributed by atoms with Crippen molar-refractivity contribution in [3.8, 4) is 0 Å². The Balaban J connectivity index is 2.13. The monoisotopic (exact) mass is 320 g/mol. The Morgan fingerprint density at radius 3 is 2.75 bits per heavy atom. The number of nitrogens with zero attached hydrogens (tertiary/aromatic N) is 3. The van der Waals surface area contributed by atoms with Crippen molar-refractivity contribution >= 4 is 25.8 Å². The summed E-state index contributed by atoms with van der Waals surface area (Å²) >= 11 is 0. The zero-order valence-corrected chi connectivity index (χ0v) is 12.7. The highest BCUT2D eigenvalue weighted by Gasteiger charge is 2.21. The summed E-state index contributed by atoms with van der Waals surface area (Å²) in [7, 11) is 1.49. The van der Waals surface area contributed by atoms with Gasteiger partial charge in [-0.15, -0.1) is 0 Å². The van der Waals surface area contributed by atoms with Crippen molar-refractivity contribution in [1.82, 2.24) is 19.8 Å². The van der Waals surface area contributed by atoms with E-state index in [4.69, 9.17) is 10.7 Å². The average molecular weight is 321 g/mol. The van der Waals surface area contributed by atoms with Crippen LogP contribution in [0.3, 0.4) is 0 Å². The molecule has 0 saturated carbocycles. The third kappa shape index (κ3) is 3.43. The number of rotatable bonds is 6. The van der Waals surface area contributed by atoms with Crippen LogP contribution >= 0.6 is 10.7 Å². The molecule has 2 rings (SSSR count). The second-order valence-corrected chi connectivity index (χ2v) is 7.11. The van der Waals surface area contributed by atoms with Gasteiger partial charge in [0.25, 0.3) is 9.05 Å². The molecule has 2 amide bonds. The largest absolute Gasteiger partial charge is 0.336 e. The molecule has 1 aliphatic heterocycles. The molecule has 1 fully saturated rings. The van der Waals surface area contributed by atoms with Crippen LogP contribution in [0, 0.1) is 0 Å². The highest BCUT2D eigenvalue weighted by atomic mass is 35.7. The lowest BCUT2D eigenvalue weighted by Gasteiger charge is -2.15. The number of aryl methyl sites for hydroxylation is 1. The van der Waals surface area contributed by atoms with E-state index >= 15 is 0 Å². The Hall–Kier alpha value is -1.28. The number of halogens is 1. The van der Waals surface area contributed by atoms with Crippen LogP contribution in [0.25, 0.3) is 0 Å². The molecule has 9 heteroatoms. The summed E-state index contributed by atoms with van der Waals surface area (Å²) < 4.78 is 24.4. The van der Waals surface area contributed by atoms with Crippen molar-refractivity contribution in [2.75, 3.05) is 19.6 Å². The van der Waals surface area contributed by atoms with Gasteiger partial charge >= 0.3 is 6.03 Å². The zero-order chi connectivity index (χ0) is 14.8. The zero-order valence-electron chi connectivity index (χ0n) is 11.2. The molecule has 0 bridgehead atoms. The lowest BCUT2D eigenvalue weighted by atomic mass is 10.3. The molecule has 20 heavy (non-hydrogen) atoms. The lowest BCUT2D eigenvalue weighted by molar-refractivity contribution is 0.215. The standard InChI is InChI=1S/C11H17ClN4O3S/c1-2-3-9-14-10(20(12,18)19)8-16(9)7-6-15-5-4-13-11(15)17/h8H,2-7H2,1H3,(H,13,17). The molecule has 1 aromatic rings. The highest BCUT2D eigenvalue weighted by Crippen LogP contribution is 2.15. The minimum atomic E-state index is -3.82. The number of imidazole rings is 1. The van der Waals surface area contributed by atoms with Crippen LogP contribution in [0.5, 0.6) is 0 Å². The first-order chi connectivity index (χ1) is 9.41. The molecule has 0 atom stereocenters. The molecule has 1 aliphatic rings. The quantitative estimate of drug-likeness (QED) is 0.785. The van der Waals surface area contributed by atoms with E-state index in [0.717, 1.165) is 6.42 Å². The Morgan fingerprint density at radius 1 is 1.45 bits per heavy atom. The van der Waals surface area contributed by atoms with Gasteiger partial charge in [0.05, 0.1) is 0 Å². The summed E-state index contributed by atoms with van der Waals surface area (Å²) in [6.45, 7) is 4.31. The van der Waals surface area contributed by atoms with Gasteiger partial charge in [-0.1, -0.05) is 6.92 Å². The predicted molar refractivity (Wildman–Crippen MR) is 74.2 cm³/mol. The summed E-state index contributed by atoms with van der Waals surface area (Å²) in [5.41, 5.74) is 0. The summed E-state index contributed by atoms with van der Waals surface area (Å²) in [6, 6.07) is -0.0904. The summed E-state index contributed by atoms with van der Waals surface area (Å²) in [6.07, 6.45) is 2.95. The third-order valence-electron chi connectivity index (χ3n) is 3.12. The van der Waals surface area contributed by atoms with Crippen LogP contribution in [0.2, 0.25) is 0 Å². The number of urea groups is 1. The van der Waals surface area contributed by atoms with E-state index in [1.165, 1.54) is 6.20 Å². The van der Waals surface area contributed by atoms with Crippen LogP contribution in [0.4, 0.5) is 4.79 Å². The Kier molecular flexibility index (Phi) is 4.54. The molecule has 1 saturated heterocycles. The molecule has 112 valence electrons. The first-order valence-electron chi connectivity index (χ1n) is 6.45. The van der Waals surface area contributed by atoms with Gasteiger partial charge in [-0.05, 0) is 6.42 Å². The van der Waals surface area contributed by atoms with Crippen LogP contribution in [0.1, 0.15) is 19.2 Å². The SMILES string of the molecule is CCCc1nc(S(=O)(=O)Cl)cn1CCN1CCNC1=O. The molecular weight excluding hydrogens is 304 g/mol.